The normalized spacial score (nSPS) is 26.1. The molecule has 2 heterocycles. The molecule has 2 aliphatic rings. The molecule has 0 radical (unpaired) electrons. The van der Waals surface area contributed by atoms with Gasteiger partial charge in [-0.1, -0.05) is 30.4 Å². The number of hydrogen-bond acceptors (Lipinski definition) is 2. The molecule has 1 aliphatic carbocycles. The van der Waals surface area contributed by atoms with Crippen LogP contribution in [0.5, 0.6) is 0 Å². The van der Waals surface area contributed by atoms with E-state index in [0.29, 0.717) is 17.9 Å². The van der Waals surface area contributed by atoms with Crippen LogP contribution in [0.25, 0.3) is 0 Å². The molecule has 1 aliphatic heterocycles. The maximum absolute atomic E-state index is 4.31. The number of nitrogens with zero attached hydrogens (tertiary/aromatic N) is 1. The fourth-order valence-electron chi connectivity index (χ4n) is 3.93. The van der Waals surface area contributed by atoms with Crippen LogP contribution in [-0.4, -0.2) is 4.98 Å². The molecule has 21 heavy (non-hydrogen) atoms. The van der Waals surface area contributed by atoms with Gasteiger partial charge in [0.05, 0.1) is 6.04 Å². The van der Waals surface area contributed by atoms with Crippen LogP contribution in [0, 0.1) is 19.8 Å². The largest absolute Gasteiger partial charge is 0.377 e. The average Bonchev–Trinajstić information content (AvgIpc) is 3.00. The third kappa shape index (κ3) is 1.90. The topological polar surface area (TPSA) is 24.9 Å². The zero-order valence-corrected chi connectivity index (χ0v) is 12.5. The lowest BCUT2D eigenvalue weighted by molar-refractivity contribution is 0.423. The van der Waals surface area contributed by atoms with Gasteiger partial charge in [0, 0.05) is 24.0 Å². The van der Waals surface area contributed by atoms with Gasteiger partial charge in [0.25, 0.3) is 0 Å². The highest BCUT2D eigenvalue weighted by Gasteiger charge is 2.39. The molecule has 2 heteroatoms. The lowest BCUT2D eigenvalue weighted by atomic mass is 9.75. The molecule has 3 unspecified atom stereocenters. The van der Waals surface area contributed by atoms with Gasteiger partial charge in [0.1, 0.15) is 0 Å². The zero-order chi connectivity index (χ0) is 14.4. The van der Waals surface area contributed by atoms with Crippen molar-refractivity contribution < 1.29 is 0 Å². The molecule has 106 valence electrons. The van der Waals surface area contributed by atoms with E-state index in [0.717, 1.165) is 6.42 Å². The van der Waals surface area contributed by atoms with Gasteiger partial charge in [-0.05, 0) is 54.5 Å². The van der Waals surface area contributed by atoms with Gasteiger partial charge < -0.3 is 5.32 Å². The lowest BCUT2D eigenvalue weighted by Crippen LogP contribution is -2.30. The Bertz CT molecular complexity index is 703. The first-order chi connectivity index (χ1) is 10.3. The van der Waals surface area contributed by atoms with Crippen molar-refractivity contribution in [3.05, 3.63) is 71.1 Å². The maximum Gasteiger partial charge on any atom is 0.0569 e. The molecule has 1 aromatic carbocycles. The fourth-order valence-corrected chi connectivity index (χ4v) is 3.93. The van der Waals surface area contributed by atoms with Crippen LogP contribution in [0.3, 0.4) is 0 Å². The van der Waals surface area contributed by atoms with Crippen molar-refractivity contribution in [2.75, 3.05) is 5.32 Å². The van der Waals surface area contributed by atoms with Crippen LogP contribution in [0.2, 0.25) is 0 Å². The number of pyridine rings is 1. The van der Waals surface area contributed by atoms with Gasteiger partial charge in [-0.2, -0.15) is 0 Å². The number of benzene rings is 1. The third-order valence-electron chi connectivity index (χ3n) is 4.99. The molecule has 2 nitrogen and oxygen atoms in total. The van der Waals surface area contributed by atoms with Gasteiger partial charge in [0.2, 0.25) is 0 Å². The number of fused-ring (bicyclic) bond motifs is 3. The average molecular weight is 276 g/mol. The Balaban J connectivity index is 1.86. The Morgan fingerprint density at radius 3 is 2.81 bits per heavy atom. The molecule has 0 spiro atoms. The van der Waals surface area contributed by atoms with E-state index in [4.69, 9.17) is 0 Å². The molecule has 2 aromatic rings. The van der Waals surface area contributed by atoms with Crippen molar-refractivity contribution in [3.8, 4) is 0 Å². The van der Waals surface area contributed by atoms with Crippen LogP contribution in [-0.2, 0) is 0 Å². The number of hydrogen-bond donors (Lipinski definition) is 1. The summed E-state index contributed by atoms with van der Waals surface area (Å²) in [5.74, 6) is 1.13. The van der Waals surface area contributed by atoms with Gasteiger partial charge in [-0.15, -0.1) is 0 Å². The quantitative estimate of drug-likeness (QED) is 0.774. The number of aromatic nitrogens is 1. The molecule has 0 saturated carbocycles. The second-order valence-electron chi connectivity index (χ2n) is 6.25. The first kappa shape index (κ1) is 12.6. The summed E-state index contributed by atoms with van der Waals surface area (Å²) in [5.41, 5.74) is 6.85. The molecular weight excluding hydrogens is 256 g/mol. The summed E-state index contributed by atoms with van der Waals surface area (Å²) in [7, 11) is 0. The smallest absolute Gasteiger partial charge is 0.0569 e. The van der Waals surface area contributed by atoms with Crippen LogP contribution >= 0.6 is 0 Å². The van der Waals surface area contributed by atoms with E-state index in [9.17, 15) is 0 Å². The molecular formula is C19H20N2. The molecule has 0 amide bonds. The van der Waals surface area contributed by atoms with Crippen molar-refractivity contribution >= 4 is 5.69 Å². The number of rotatable bonds is 1. The van der Waals surface area contributed by atoms with Crippen molar-refractivity contribution in [3.63, 3.8) is 0 Å². The first-order valence-corrected chi connectivity index (χ1v) is 7.69. The minimum Gasteiger partial charge on any atom is -0.377 e. The Labute approximate surface area is 125 Å². The van der Waals surface area contributed by atoms with E-state index in [-0.39, 0.29) is 0 Å². The Kier molecular flexibility index (Phi) is 2.85. The number of allylic oxidation sites excluding steroid dienone is 2. The summed E-state index contributed by atoms with van der Waals surface area (Å²) in [5, 5.41) is 3.81. The predicted octanol–water partition coefficient (Wildman–Crippen LogP) is 4.52. The molecule has 0 saturated heterocycles. The predicted molar refractivity (Wildman–Crippen MR) is 86.5 cm³/mol. The van der Waals surface area contributed by atoms with E-state index in [1.54, 1.807) is 0 Å². The molecule has 1 N–H and O–H groups in total. The second-order valence-corrected chi connectivity index (χ2v) is 6.25. The van der Waals surface area contributed by atoms with Crippen molar-refractivity contribution in [1.29, 1.82) is 0 Å². The maximum atomic E-state index is 4.31. The van der Waals surface area contributed by atoms with Crippen LogP contribution in [0.4, 0.5) is 5.69 Å². The molecule has 3 atom stereocenters. The third-order valence-corrected chi connectivity index (χ3v) is 4.99. The van der Waals surface area contributed by atoms with Crippen molar-refractivity contribution in [2.45, 2.75) is 32.2 Å². The lowest BCUT2D eigenvalue weighted by Gasteiger charge is -2.39. The second kappa shape index (κ2) is 4.73. The van der Waals surface area contributed by atoms with Gasteiger partial charge in [-0.3, -0.25) is 4.98 Å². The van der Waals surface area contributed by atoms with Crippen molar-refractivity contribution in [2.24, 2.45) is 5.92 Å². The Morgan fingerprint density at radius 2 is 2.00 bits per heavy atom. The molecule has 0 fully saturated rings. The molecule has 0 bridgehead atoms. The highest BCUT2D eigenvalue weighted by atomic mass is 15.0. The highest BCUT2D eigenvalue weighted by molar-refractivity contribution is 5.66. The SMILES string of the molecule is Cc1ccc(C)c2c1NC(c1cccnc1)C1CC=CC21. The summed E-state index contributed by atoms with van der Waals surface area (Å²) in [4.78, 5) is 4.31. The van der Waals surface area contributed by atoms with Gasteiger partial charge in [0.15, 0.2) is 0 Å². The van der Waals surface area contributed by atoms with Crippen LogP contribution in [0.1, 0.15) is 40.6 Å². The summed E-state index contributed by atoms with van der Waals surface area (Å²) in [6.07, 6.45) is 9.74. The monoisotopic (exact) mass is 276 g/mol. The first-order valence-electron chi connectivity index (χ1n) is 7.69. The molecule has 1 aromatic heterocycles. The fraction of sp³-hybridized carbons (Fsp3) is 0.316. The minimum absolute atomic E-state index is 0.353. The van der Waals surface area contributed by atoms with Crippen LogP contribution < -0.4 is 5.32 Å². The van der Waals surface area contributed by atoms with E-state index in [2.05, 4.69) is 54.5 Å². The van der Waals surface area contributed by atoms with Crippen LogP contribution in [0.15, 0.2) is 48.8 Å². The number of aryl methyl sites for hydroxylation is 2. The van der Waals surface area contributed by atoms with Gasteiger partial charge >= 0.3 is 0 Å². The van der Waals surface area contributed by atoms with E-state index in [1.165, 1.54) is 27.9 Å². The summed E-state index contributed by atoms with van der Waals surface area (Å²) in [6, 6.07) is 9.05. The number of anilines is 1. The zero-order valence-electron chi connectivity index (χ0n) is 12.5. The minimum atomic E-state index is 0.353. The van der Waals surface area contributed by atoms with E-state index >= 15 is 0 Å². The number of nitrogens with one attached hydrogen (secondary N) is 1. The van der Waals surface area contributed by atoms with E-state index < -0.39 is 0 Å². The highest BCUT2D eigenvalue weighted by Crippen LogP contribution is 2.51. The standard InChI is InChI=1S/C19H20N2/c1-12-8-9-13(2)18-17(12)15-6-3-7-16(15)19(21-18)14-5-4-10-20-11-14/h3-6,8-11,15-16,19,21H,7H2,1-2H3. The van der Waals surface area contributed by atoms with Gasteiger partial charge in [-0.25, -0.2) is 0 Å². The Morgan fingerprint density at radius 1 is 1.14 bits per heavy atom. The van der Waals surface area contributed by atoms with Crippen molar-refractivity contribution in [1.82, 2.24) is 4.98 Å². The summed E-state index contributed by atoms with van der Waals surface area (Å²) >= 11 is 0. The molecule has 4 rings (SSSR count). The van der Waals surface area contributed by atoms with E-state index in [1.807, 2.05) is 18.5 Å². The summed E-state index contributed by atoms with van der Waals surface area (Å²) in [6.45, 7) is 4.43. The summed E-state index contributed by atoms with van der Waals surface area (Å²) < 4.78 is 0. The Hall–Kier alpha value is -2.09.